The van der Waals surface area contributed by atoms with Gasteiger partial charge in [0.1, 0.15) is 17.2 Å². The zero-order chi connectivity index (χ0) is 26.0. The van der Waals surface area contributed by atoms with E-state index < -0.39 is 32.1 Å². The molecule has 0 bridgehead atoms. The Bertz CT molecular complexity index is 1330. The number of halogens is 1. The van der Waals surface area contributed by atoms with Crippen LogP contribution in [0.15, 0.2) is 59.8 Å². The van der Waals surface area contributed by atoms with Crippen molar-refractivity contribution in [1.29, 1.82) is 0 Å². The molecule has 0 aliphatic heterocycles. The largest absolute Gasteiger partial charge is 0.444 e. The lowest BCUT2D eigenvalue weighted by molar-refractivity contribution is 0.0523. The molecular formula is C25H29FN4O4S. The minimum atomic E-state index is -3.97. The van der Waals surface area contributed by atoms with Crippen LogP contribution in [0.3, 0.4) is 0 Å². The highest BCUT2D eigenvalue weighted by molar-refractivity contribution is 7.93. The third kappa shape index (κ3) is 5.94. The van der Waals surface area contributed by atoms with E-state index in [1.54, 1.807) is 45.0 Å². The van der Waals surface area contributed by atoms with Gasteiger partial charge in [0.15, 0.2) is 9.84 Å². The Morgan fingerprint density at radius 2 is 1.71 bits per heavy atom. The molecule has 0 atom stereocenters. The van der Waals surface area contributed by atoms with Gasteiger partial charge in [0.05, 0.1) is 27.7 Å². The second-order valence-corrected chi connectivity index (χ2v) is 12.2. The molecule has 0 spiro atoms. The van der Waals surface area contributed by atoms with E-state index >= 15 is 4.39 Å². The van der Waals surface area contributed by atoms with E-state index in [1.807, 2.05) is 0 Å². The van der Waals surface area contributed by atoms with Crippen LogP contribution in [0.5, 0.6) is 0 Å². The number of carbonyl (C=O) groups is 1. The Balaban J connectivity index is 1.94. The zero-order valence-electron chi connectivity index (χ0n) is 20.3. The van der Waals surface area contributed by atoms with E-state index in [9.17, 15) is 13.2 Å². The predicted molar refractivity (Wildman–Crippen MR) is 133 cm³/mol. The summed E-state index contributed by atoms with van der Waals surface area (Å²) in [5.41, 5.74) is 6.07. The molecular weight excluding hydrogens is 471 g/mol. The van der Waals surface area contributed by atoms with Crippen LogP contribution in [0.2, 0.25) is 0 Å². The van der Waals surface area contributed by atoms with Crippen molar-refractivity contribution >= 4 is 21.7 Å². The number of amides is 1. The Labute approximate surface area is 204 Å². The minimum Gasteiger partial charge on any atom is -0.444 e. The fourth-order valence-electron chi connectivity index (χ4n) is 3.30. The first-order valence-corrected chi connectivity index (χ1v) is 12.4. The summed E-state index contributed by atoms with van der Waals surface area (Å²) in [6, 6.07) is 10.8. The van der Waals surface area contributed by atoms with Gasteiger partial charge in [0.25, 0.3) is 0 Å². The van der Waals surface area contributed by atoms with Gasteiger partial charge in [-0.25, -0.2) is 22.6 Å². The van der Waals surface area contributed by atoms with Gasteiger partial charge in [-0.15, -0.1) is 0 Å². The molecule has 1 heterocycles. The van der Waals surface area contributed by atoms with Crippen molar-refractivity contribution in [3.8, 4) is 22.4 Å². The number of anilines is 1. The van der Waals surface area contributed by atoms with Crippen LogP contribution in [0.25, 0.3) is 22.4 Å². The van der Waals surface area contributed by atoms with Crippen molar-refractivity contribution in [2.75, 3.05) is 12.3 Å². The molecule has 0 radical (unpaired) electrons. The van der Waals surface area contributed by atoms with E-state index in [1.165, 1.54) is 44.4 Å². The summed E-state index contributed by atoms with van der Waals surface area (Å²) in [5, 5.41) is 2.53. The first kappa shape index (κ1) is 26.1. The van der Waals surface area contributed by atoms with Crippen molar-refractivity contribution in [2.24, 2.45) is 0 Å². The van der Waals surface area contributed by atoms with E-state index in [2.05, 4.69) is 15.3 Å². The number of hydrogen-bond acceptors (Lipinski definition) is 7. The van der Waals surface area contributed by atoms with Gasteiger partial charge in [-0.1, -0.05) is 24.3 Å². The topological polar surface area (TPSA) is 124 Å². The van der Waals surface area contributed by atoms with Crippen LogP contribution in [0.4, 0.5) is 15.0 Å². The smallest absolute Gasteiger partial charge is 0.407 e. The molecule has 3 N–H and O–H groups in total. The van der Waals surface area contributed by atoms with Crippen molar-refractivity contribution in [3.63, 3.8) is 0 Å². The number of rotatable bonds is 6. The minimum absolute atomic E-state index is 0.0235. The standard InChI is InChI=1S/C25H29FN4O4S/c1-24(2,3)34-23(31)30-15-25(4,5)35(32,33)21-9-7-6-8-17(21)16-10-11-18(19(26)12-16)20-13-29-22(27)14-28-20/h6-14H,15H2,1-5H3,(H2,27,29)(H,30,31). The first-order chi connectivity index (χ1) is 16.2. The number of sulfone groups is 1. The van der Waals surface area contributed by atoms with Crippen molar-refractivity contribution in [1.82, 2.24) is 15.3 Å². The number of nitrogen functional groups attached to an aromatic ring is 1. The van der Waals surface area contributed by atoms with E-state index in [0.717, 1.165) is 0 Å². The van der Waals surface area contributed by atoms with Crippen molar-refractivity contribution in [2.45, 2.75) is 49.9 Å². The van der Waals surface area contributed by atoms with Crippen molar-refractivity contribution < 1.29 is 22.3 Å². The van der Waals surface area contributed by atoms with Crippen LogP contribution >= 0.6 is 0 Å². The summed E-state index contributed by atoms with van der Waals surface area (Å²) >= 11 is 0. The van der Waals surface area contributed by atoms with E-state index in [4.69, 9.17) is 10.5 Å². The molecule has 0 unspecified atom stereocenters. The Hall–Kier alpha value is -3.53. The normalized spacial score (nSPS) is 12.3. The number of nitrogens with one attached hydrogen (secondary N) is 1. The highest BCUT2D eigenvalue weighted by Gasteiger charge is 2.38. The zero-order valence-corrected chi connectivity index (χ0v) is 21.1. The summed E-state index contributed by atoms with van der Waals surface area (Å²) < 4.78 is 46.1. The van der Waals surface area contributed by atoms with Crippen LogP contribution in [-0.4, -0.2) is 41.4 Å². The Kier molecular flexibility index (Phi) is 7.16. The summed E-state index contributed by atoms with van der Waals surface area (Å²) in [5.74, 6) is -0.367. The number of carbonyl (C=O) groups excluding carboxylic acids is 1. The second-order valence-electron chi connectivity index (χ2n) is 9.64. The summed E-state index contributed by atoms with van der Waals surface area (Å²) in [6.07, 6.45) is 1.99. The molecule has 0 saturated carbocycles. The number of ether oxygens (including phenoxy) is 1. The average Bonchev–Trinajstić information content (AvgIpc) is 2.77. The summed E-state index contributed by atoms with van der Waals surface area (Å²) in [4.78, 5) is 20.1. The Morgan fingerprint density at radius 3 is 2.31 bits per heavy atom. The van der Waals surface area contributed by atoms with Gasteiger partial charge in [-0.2, -0.15) is 0 Å². The van der Waals surface area contributed by atoms with Gasteiger partial charge in [0.2, 0.25) is 0 Å². The number of nitrogens with two attached hydrogens (primary N) is 1. The molecule has 35 heavy (non-hydrogen) atoms. The van der Waals surface area contributed by atoms with Gasteiger partial charge in [-0.05, 0) is 58.4 Å². The molecule has 0 saturated heterocycles. The quantitative estimate of drug-likeness (QED) is 0.506. The fraction of sp³-hybridized carbons (Fsp3) is 0.320. The number of aromatic nitrogens is 2. The SMILES string of the molecule is CC(C)(C)OC(=O)NCC(C)(C)S(=O)(=O)c1ccccc1-c1ccc(-c2cnc(N)cn2)c(F)c1. The lowest BCUT2D eigenvalue weighted by Gasteiger charge is -2.27. The second kappa shape index (κ2) is 9.61. The average molecular weight is 501 g/mol. The van der Waals surface area contributed by atoms with Crippen LogP contribution < -0.4 is 11.1 Å². The molecule has 0 aliphatic rings. The lowest BCUT2D eigenvalue weighted by Crippen LogP contribution is -2.45. The molecule has 2 aromatic carbocycles. The predicted octanol–water partition coefficient (Wildman–Crippen LogP) is 4.61. The monoisotopic (exact) mass is 500 g/mol. The third-order valence-corrected chi connectivity index (χ3v) is 7.72. The summed E-state index contributed by atoms with van der Waals surface area (Å²) in [6.45, 7) is 8.00. The molecule has 3 rings (SSSR count). The van der Waals surface area contributed by atoms with Gasteiger partial charge < -0.3 is 15.8 Å². The van der Waals surface area contributed by atoms with Gasteiger partial charge in [-0.3, -0.25) is 4.98 Å². The lowest BCUT2D eigenvalue weighted by atomic mass is 10.0. The Morgan fingerprint density at radius 1 is 1.03 bits per heavy atom. The van der Waals surface area contributed by atoms with Crippen LogP contribution in [0, 0.1) is 5.82 Å². The van der Waals surface area contributed by atoms with E-state index in [0.29, 0.717) is 16.8 Å². The molecule has 186 valence electrons. The van der Waals surface area contributed by atoms with Crippen LogP contribution in [0.1, 0.15) is 34.6 Å². The fourth-order valence-corrected chi connectivity index (χ4v) is 4.89. The molecule has 0 fully saturated rings. The molecule has 0 aliphatic carbocycles. The number of nitrogens with zero attached hydrogens (tertiary/aromatic N) is 2. The van der Waals surface area contributed by atoms with E-state index in [-0.39, 0.29) is 22.8 Å². The highest BCUT2D eigenvalue weighted by Crippen LogP contribution is 2.35. The molecule has 10 heteroatoms. The highest BCUT2D eigenvalue weighted by atomic mass is 32.2. The molecule has 3 aromatic rings. The maximum absolute atomic E-state index is 15.0. The summed E-state index contributed by atoms with van der Waals surface area (Å²) in [7, 11) is -3.97. The number of hydrogen-bond donors (Lipinski definition) is 2. The molecule has 8 nitrogen and oxygen atoms in total. The number of alkyl carbamates (subject to hydrolysis) is 1. The first-order valence-electron chi connectivity index (χ1n) is 10.9. The molecule has 1 amide bonds. The maximum atomic E-state index is 15.0. The molecule has 1 aromatic heterocycles. The maximum Gasteiger partial charge on any atom is 0.407 e. The van der Waals surface area contributed by atoms with Crippen molar-refractivity contribution in [3.05, 3.63) is 60.7 Å². The van der Waals surface area contributed by atoms with Gasteiger partial charge >= 0.3 is 6.09 Å². The number of benzene rings is 2. The van der Waals surface area contributed by atoms with Crippen LogP contribution in [-0.2, 0) is 14.6 Å². The van der Waals surface area contributed by atoms with Gasteiger partial charge in [0, 0.05) is 17.7 Å². The third-order valence-electron chi connectivity index (χ3n) is 5.19.